The Kier molecular flexibility index (Phi) is 4.48. The van der Waals surface area contributed by atoms with Gasteiger partial charge in [-0.05, 0) is 35.8 Å². The molecule has 0 heterocycles. The molecule has 0 aromatic heterocycles. The highest BCUT2D eigenvalue weighted by Crippen LogP contribution is 2.31. The fourth-order valence-electron chi connectivity index (χ4n) is 1.90. The Morgan fingerprint density at radius 1 is 1.10 bits per heavy atom. The topological polar surface area (TPSA) is 37.3 Å². The van der Waals surface area contributed by atoms with Crippen molar-refractivity contribution in [3.05, 3.63) is 64.1 Å². The van der Waals surface area contributed by atoms with E-state index in [-0.39, 0.29) is 0 Å². The molecular weight excluding hydrogens is 295 g/mol. The van der Waals surface area contributed by atoms with Crippen molar-refractivity contribution in [2.24, 2.45) is 0 Å². The number of halogens is 2. The van der Waals surface area contributed by atoms with Crippen LogP contribution in [0.1, 0.15) is 12.5 Å². The van der Waals surface area contributed by atoms with Crippen molar-refractivity contribution in [2.45, 2.75) is 6.92 Å². The highest BCUT2D eigenvalue weighted by molar-refractivity contribution is 6.36. The molecule has 0 fully saturated rings. The molecule has 102 valence electrons. The number of carboxylic acids is 1. The molecule has 0 bridgehead atoms. The molecule has 0 aliphatic carbocycles. The first-order chi connectivity index (χ1) is 9.47. The minimum Gasteiger partial charge on any atom is -0.478 e. The lowest BCUT2D eigenvalue weighted by Crippen LogP contribution is -1.90. The van der Waals surface area contributed by atoms with Gasteiger partial charge in [0.15, 0.2) is 0 Å². The summed E-state index contributed by atoms with van der Waals surface area (Å²) in [4.78, 5) is 10.6. The van der Waals surface area contributed by atoms with E-state index >= 15 is 0 Å². The Labute approximate surface area is 127 Å². The zero-order valence-corrected chi connectivity index (χ0v) is 12.2. The van der Waals surface area contributed by atoms with E-state index in [1.54, 1.807) is 19.1 Å². The number of benzene rings is 2. The second-order valence-corrected chi connectivity index (χ2v) is 5.21. The molecule has 0 amide bonds. The summed E-state index contributed by atoms with van der Waals surface area (Å²) in [5, 5.41) is 9.91. The monoisotopic (exact) mass is 306 g/mol. The number of carbonyl (C=O) groups is 1. The second-order valence-electron chi connectivity index (χ2n) is 4.37. The van der Waals surface area contributed by atoms with E-state index in [1.165, 1.54) is 6.08 Å². The van der Waals surface area contributed by atoms with Crippen molar-refractivity contribution < 1.29 is 9.90 Å². The second kappa shape index (κ2) is 6.12. The number of carboxylic acid groups (broad SMARTS) is 1. The molecule has 0 atom stereocenters. The van der Waals surface area contributed by atoms with Crippen molar-refractivity contribution in [1.82, 2.24) is 0 Å². The summed E-state index contributed by atoms with van der Waals surface area (Å²) in [5.74, 6) is -0.952. The average molecular weight is 307 g/mol. The van der Waals surface area contributed by atoms with Crippen molar-refractivity contribution in [2.75, 3.05) is 0 Å². The normalized spacial score (nSPS) is 11.4. The maximum absolute atomic E-state index is 10.6. The Morgan fingerprint density at radius 3 is 2.30 bits per heavy atom. The molecule has 2 aromatic rings. The molecule has 0 unspecified atom stereocenters. The van der Waals surface area contributed by atoms with E-state index in [0.717, 1.165) is 16.7 Å². The van der Waals surface area contributed by atoms with Crippen molar-refractivity contribution >= 4 is 34.7 Å². The predicted molar refractivity (Wildman–Crippen MR) is 83.2 cm³/mol. The lowest BCUT2D eigenvalue weighted by atomic mass is 10.0. The summed E-state index contributed by atoms with van der Waals surface area (Å²) in [7, 11) is 0. The predicted octanol–water partition coefficient (Wildman–Crippen LogP) is 5.15. The van der Waals surface area contributed by atoms with Gasteiger partial charge in [0.25, 0.3) is 0 Å². The summed E-state index contributed by atoms with van der Waals surface area (Å²) in [6.07, 6.45) is 1.18. The minimum absolute atomic E-state index is 0.586. The molecule has 4 heteroatoms. The van der Waals surface area contributed by atoms with Crippen LogP contribution in [0.2, 0.25) is 10.0 Å². The van der Waals surface area contributed by atoms with E-state index in [4.69, 9.17) is 28.3 Å². The van der Waals surface area contributed by atoms with E-state index < -0.39 is 5.97 Å². The first-order valence-electron chi connectivity index (χ1n) is 5.94. The lowest BCUT2D eigenvalue weighted by molar-refractivity contribution is -0.131. The van der Waals surface area contributed by atoms with Crippen LogP contribution in [0.25, 0.3) is 16.7 Å². The molecule has 0 radical (unpaired) electrons. The third kappa shape index (κ3) is 3.41. The van der Waals surface area contributed by atoms with Gasteiger partial charge in [-0.15, -0.1) is 0 Å². The smallest absolute Gasteiger partial charge is 0.328 e. The highest BCUT2D eigenvalue weighted by Gasteiger charge is 2.05. The van der Waals surface area contributed by atoms with Gasteiger partial charge in [-0.2, -0.15) is 0 Å². The molecule has 2 aromatic carbocycles. The standard InChI is InChI=1S/C16H12Cl2O2/c1-10(8-16(19)20)11-2-4-12(5-3-11)14-7-6-13(17)9-15(14)18/h2-9H,1H3,(H,19,20). The first-order valence-corrected chi connectivity index (χ1v) is 6.70. The molecule has 20 heavy (non-hydrogen) atoms. The quantitative estimate of drug-likeness (QED) is 0.796. The molecule has 2 rings (SSSR count). The van der Waals surface area contributed by atoms with Crippen LogP contribution in [-0.4, -0.2) is 11.1 Å². The number of hydrogen-bond donors (Lipinski definition) is 1. The van der Waals surface area contributed by atoms with Crippen molar-refractivity contribution in [3.63, 3.8) is 0 Å². The van der Waals surface area contributed by atoms with Gasteiger partial charge < -0.3 is 5.11 Å². The molecule has 2 nitrogen and oxygen atoms in total. The van der Waals surface area contributed by atoms with Crippen molar-refractivity contribution in [3.8, 4) is 11.1 Å². The van der Waals surface area contributed by atoms with Gasteiger partial charge in [-0.3, -0.25) is 0 Å². The van der Waals surface area contributed by atoms with E-state index in [1.807, 2.05) is 30.3 Å². The molecule has 0 aliphatic heterocycles. The van der Waals surface area contributed by atoms with Gasteiger partial charge >= 0.3 is 5.97 Å². The summed E-state index contributed by atoms with van der Waals surface area (Å²) in [6.45, 7) is 1.76. The van der Waals surface area contributed by atoms with Crippen LogP contribution in [0.5, 0.6) is 0 Å². The number of hydrogen-bond acceptors (Lipinski definition) is 1. The average Bonchev–Trinajstić information content (AvgIpc) is 2.38. The van der Waals surface area contributed by atoms with Crippen LogP contribution in [-0.2, 0) is 4.79 Å². The lowest BCUT2D eigenvalue weighted by Gasteiger charge is -2.07. The Bertz CT molecular complexity index is 673. The van der Waals surface area contributed by atoms with Gasteiger partial charge in [0.05, 0.1) is 0 Å². The van der Waals surface area contributed by atoms with Crippen LogP contribution >= 0.6 is 23.2 Å². The zero-order chi connectivity index (χ0) is 14.7. The van der Waals surface area contributed by atoms with Crippen LogP contribution < -0.4 is 0 Å². The maximum Gasteiger partial charge on any atom is 0.328 e. The molecular formula is C16H12Cl2O2. The SMILES string of the molecule is CC(=CC(=O)O)c1ccc(-c2ccc(Cl)cc2Cl)cc1. The van der Waals surface area contributed by atoms with E-state index in [2.05, 4.69) is 0 Å². The fourth-order valence-corrected chi connectivity index (χ4v) is 2.42. The molecule has 1 N–H and O–H groups in total. The zero-order valence-electron chi connectivity index (χ0n) is 10.7. The Hall–Kier alpha value is -1.77. The number of allylic oxidation sites excluding steroid dienone is 1. The van der Waals surface area contributed by atoms with E-state index in [9.17, 15) is 4.79 Å². The summed E-state index contributed by atoms with van der Waals surface area (Å²) in [6, 6.07) is 12.9. The molecule has 0 spiro atoms. The van der Waals surface area contributed by atoms with Crippen LogP contribution in [0.4, 0.5) is 0 Å². The van der Waals surface area contributed by atoms with Gasteiger partial charge in [0.2, 0.25) is 0 Å². The van der Waals surface area contributed by atoms with Gasteiger partial charge in [-0.1, -0.05) is 53.5 Å². The third-order valence-electron chi connectivity index (χ3n) is 2.92. The molecule has 0 aliphatic rings. The summed E-state index contributed by atoms with van der Waals surface area (Å²) < 4.78 is 0. The van der Waals surface area contributed by atoms with Gasteiger partial charge in [-0.25, -0.2) is 4.79 Å². The highest BCUT2D eigenvalue weighted by atomic mass is 35.5. The molecule has 0 saturated heterocycles. The van der Waals surface area contributed by atoms with Crippen LogP contribution in [0.3, 0.4) is 0 Å². The van der Waals surface area contributed by atoms with Gasteiger partial charge in [0.1, 0.15) is 0 Å². The largest absolute Gasteiger partial charge is 0.478 e. The summed E-state index contributed by atoms with van der Waals surface area (Å²) in [5.41, 5.74) is 3.41. The van der Waals surface area contributed by atoms with Crippen molar-refractivity contribution in [1.29, 1.82) is 0 Å². The van der Waals surface area contributed by atoms with Crippen LogP contribution in [0, 0.1) is 0 Å². The van der Waals surface area contributed by atoms with E-state index in [0.29, 0.717) is 15.6 Å². The summed E-state index contributed by atoms with van der Waals surface area (Å²) >= 11 is 12.0. The minimum atomic E-state index is -0.952. The maximum atomic E-state index is 10.6. The first kappa shape index (κ1) is 14.6. The number of aliphatic carboxylic acids is 1. The Balaban J connectivity index is 2.35. The fraction of sp³-hybridized carbons (Fsp3) is 0.0625. The van der Waals surface area contributed by atoms with Gasteiger partial charge in [0, 0.05) is 21.7 Å². The Morgan fingerprint density at radius 2 is 1.75 bits per heavy atom. The third-order valence-corrected chi connectivity index (χ3v) is 3.47. The molecule has 0 saturated carbocycles. The van der Waals surface area contributed by atoms with Crippen LogP contribution in [0.15, 0.2) is 48.5 Å². The number of rotatable bonds is 3.